The number of phosphoric acid groups is 1. The number of amides is 1. The van der Waals surface area contributed by atoms with Crippen LogP contribution in [-0.2, 0) is 18.4 Å². The standard InChI is InChI=1S/C84H169N2O6P/c1-6-8-10-12-14-16-18-20-22-24-26-28-30-32-34-36-38-39-40-41-42-43-44-45-46-47-48-50-52-54-56-58-60-62-64-66-68-70-72-74-76-78-84(88)85-82(81-92-93(89,90)91-80-79-86(3,4)5)83(87)77-75-73-71-69-67-65-63-61-59-57-55-53-51-49-37-35-33-31-29-27-25-23-21-19-17-15-13-11-9-7-2/h24,26,82-83,87H,6-23,25,27-81H2,1-5H3,(H-,85,88,89,90)/b26-24-. The summed E-state index contributed by atoms with van der Waals surface area (Å²) in [6, 6.07) is -0.799. The first kappa shape index (κ1) is 92.2. The number of carbonyl (C=O) groups excluding carboxylic acids is 1. The molecule has 0 aliphatic rings. The van der Waals surface area contributed by atoms with Gasteiger partial charge in [0, 0.05) is 6.42 Å². The number of unbranched alkanes of at least 4 members (excludes halogenated alkanes) is 66. The number of hydrogen-bond donors (Lipinski definition) is 2. The van der Waals surface area contributed by atoms with Crippen LogP contribution in [0.2, 0.25) is 0 Å². The Morgan fingerprint density at radius 2 is 0.591 bits per heavy atom. The van der Waals surface area contributed by atoms with Crippen LogP contribution < -0.4 is 10.2 Å². The first-order valence-electron chi connectivity index (χ1n) is 42.5. The number of nitrogens with one attached hydrogen (secondary N) is 1. The van der Waals surface area contributed by atoms with Gasteiger partial charge in [-0.3, -0.25) is 9.36 Å². The number of nitrogens with zero attached hydrogens (tertiary/aromatic N) is 1. The van der Waals surface area contributed by atoms with Crippen LogP contribution in [0.15, 0.2) is 12.2 Å². The van der Waals surface area contributed by atoms with Crippen LogP contribution in [0.4, 0.5) is 0 Å². The molecule has 93 heavy (non-hydrogen) atoms. The molecule has 0 fully saturated rings. The smallest absolute Gasteiger partial charge is 0.268 e. The van der Waals surface area contributed by atoms with Gasteiger partial charge in [0.1, 0.15) is 13.2 Å². The molecule has 0 saturated heterocycles. The minimum absolute atomic E-state index is 0.0166. The van der Waals surface area contributed by atoms with E-state index in [1.807, 2.05) is 21.1 Å². The zero-order valence-electron chi connectivity index (χ0n) is 64.0. The Bertz CT molecular complexity index is 1520. The van der Waals surface area contributed by atoms with Gasteiger partial charge in [0.15, 0.2) is 0 Å². The van der Waals surface area contributed by atoms with Crippen molar-refractivity contribution < 1.29 is 32.9 Å². The van der Waals surface area contributed by atoms with Crippen LogP contribution in [0, 0.1) is 0 Å². The van der Waals surface area contributed by atoms with Crippen LogP contribution in [0.5, 0.6) is 0 Å². The average Bonchev–Trinajstić information content (AvgIpc) is 2.75. The van der Waals surface area contributed by atoms with Crippen molar-refractivity contribution in [2.45, 2.75) is 482 Å². The summed E-state index contributed by atoms with van der Waals surface area (Å²) in [6.07, 6.45) is 99.4. The lowest BCUT2D eigenvalue weighted by Crippen LogP contribution is -2.46. The van der Waals surface area contributed by atoms with Crippen molar-refractivity contribution in [3.63, 3.8) is 0 Å². The SMILES string of the molecule is CCCCCCCCCC/C=C\CCCCCCCCCCCCCCCCCCCCCCCCCCCCCCCC(=O)NC(COP(=O)([O-])OCC[N+](C)(C)C)C(O)CCCCCCCCCCCCCCCCCCCCCCCCCCCCCCCC. The molecule has 8 nitrogen and oxygen atoms in total. The molecular weight excluding hydrogens is 1160 g/mol. The largest absolute Gasteiger partial charge is 0.756 e. The van der Waals surface area contributed by atoms with E-state index in [0.29, 0.717) is 23.9 Å². The Morgan fingerprint density at radius 1 is 0.366 bits per heavy atom. The molecule has 0 bridgehead atoms. The number of rotatable bonds is 81. The van der Waals surface area contributed by atoms with Crippen molar-refractivity contribution in [1.82, 2.24) is 5.32 Å². The number of allylic oxidation sites excluding steroid dienone is 2. The van der Waals surface area contributed by atoms with E-state index in [-0.39, 0.29) is 19.1 Å². The lowest BCUT2D eigenvalue weighted by molar-refractivity contribution is -0.870. The molecule has 3 unspecified atom stereocenters. The number of likely N-dealkylation sites (N-methyl/N-ethyl adjacent to an activating group) is 1. The lowest BCUT2D eigenvalue weighted by Gasteiger charge is -2.30. The summed E-state index contributed by atoms with van der Waals surface area (Å²) in [4.78, 5) is 25.8. The molecule has 0 aromatic carbocycles. The van der Waals surface area contributed by atoms with Gasteiger partial charge in [-0.1, -0.05) is 437 Å². The van der Waals surface area contributed by atoms with Gasteiger partial charge in [-0.25, -0.2) is 0 Å². The second-order valence-electron chi connectivity index (χ2n) is 30.9. The number of phosphoric ester groups is 1. The molecule has 0 aliphatic carbocycles. The van der Waals surface area contributed by atoms with Gasteiger partial charge in [0.05, 0.1) is 39.9 Å². The van der Waals surface area contributed by atoms with Crippen LogP contribution in [0.25, 0.3) is 0 Å². The molecule has 0 saturated carbocycles. The lowest BCUT2D eigenvalue weighted by atomic mass is 10.0. The highest BCUT2D eigenvalue weighted by Gasteiger charge is 2.24. The van der Waals surface area contributed by atoms with Gasteiger partial charge in [-0.05, 0) is 38.5 Å². The summed E-state index contributed by atoms with van der Waals surface area (Å²) in [7, 11) is 1.33. The van der Waals surface area contributed by atoms with E-state index >= 15 is 0 Å². The molecule has 0 aromatic rings. The minimum Gasteiger partial charge on any atom is -0.756 e. The highest BCUT2D eigenvalue weighted by Crippen LogP contribution is 2.38. The van der Waals surface area contributed by atoms with Crippen molar-refractivity contribution in [1.29, 1.82) is 0 Å². The predicted molar refractivity (Wildman–Crippen MR) is 409 cm³/mol. The zero-order chi connectivity index (χ0) is 67.6. The number of quaternary nitrogens is 1. The van der Waals surface area contributed by atoms with Crippen LogP contribution in [0.3, 0.4) is 0 Å². The van der Waals surface area contributed by atoms with Gasteiger partial charge >= 0.3 is 0 Å². The van der Waals surface area contributed by atoms with Gasteiger partial charge in [0.25, 0.3) is 7.82 Å². The second-order valence-corrected chi connectivity index (χ2v) is 32.3. The van der Waals surface area contributed by atoms with Crippen molar-refractivity contribution in [3.8, 4) is 0 Å². The molecule has 2 N–H and O–H groups in total. The maximum atomic E-state index is 13.1. The van der Waals surface area contributed by atoms with E-state index in [9.17, 15) is 19.4 Å². The van der Waals surface area contributed by atoms with Gasteiger partial charge in [-0.2, -0.15) is 0 Å². The molecule has 1 amide bonds. The number of carbonyl (C=O) groups is 1. The Hall–Kier alpha value is -0.760. The van der Waals surface area contributed by atoms with Crippen molar-refractivity contribution in [2.75, 3.05) is 40.9 Å². The van der Waals surface area contributed by atoms with E-state index in [4.69, 9.17) is 9.05 Å². The Labute approximate surface area is 583 Å². The summed E-state index contributed by atoms with van der Waals surface area (Å²) in [5.74, 6) is -0.152. The normalized spacial score (nSPS) is 13.4. The molecule has 0 spiro atoms. The summed E-state index contributed by atoms with van der Waals surface area (Å²) in [5.41, 5.74) is 0. The number of hydrogen-bond acceptors (Lipinski definition) is 6. The van der Waals surface area contributed by atoms with Gasteiger partial charge in [0.2, 0.25) is 5.91 Å². The van der Waals surface area contributed by atoms with Crippen LogP contribution in [-0.4, -0.2) is 68.5 Å². The fourth-order valence-corrected chi connectivity index (χ4v) is 14.4. The number of aliphatic hydroxyl groups excluding tert-OH is 1. The van der Waals surface area contributed by atoms with E-state index in [1.54, 1.807) is 0 Å². The van der Waals surface area contributed by atoms with E-state index in [2.05, 4.69) is 31.3 Å². The third kappa shape index (κ3) is 78.5. The van der Waals surface area contributed by atoms with E-state index in [1.165, 1.54) is 405 Å². The van der Waals surface area contributed by atoms with Crippen LogP contribution in [0.1, 0.15) is 470 Å². The molecule has 556 valence electrons. The molecule has 0 aliphatic heterocycles. The minimum atomic E-state index is -4.58. The fourth-order valence-electron chi connectivity index (χ4n) is 13.7. The first-order valence-corrected chi connectivity index (χ1v) is 44.0. The third-order valence-corrected chi connectivity index (χ3v) is 21.2. The zero-order valence-corrected chi connectivity index (χ0v) is 64.9. The second kappa shape index (κ2) is 75.4. The number of aliphatic hydroxyl groups is 1. The Morgan fingerprint density at radius 3 is 0.839 bits per heavy atom. The molecule has 0 aromatic heterocycles. The predicted octanol–water partition coefficient (Wildman–Crippen LogP) is 27.3. The molecule has 9 heteroatoms. The molecule has 0 heterocycles. The van der Waals surface area contributed by atoms with Gasteiger partial charge < -0.3 is 28.8 Å². The molecule has 0 rings (SSSR count). The summed E-state index contributed by atoms with van der Waals surface area (Å²) >= 11 is 0. The average molecular weight is 1330 g/mol. The van der Waals surface area contributed by atoms with Crippen molar-refractivity contribution in [3.05, 3.63) is 12.2 Å². The Balaban J connectivity index is 3.84. The maximum Gasteiger partial charge on any atom is 0.268 e. The topological polar surface area (TPSA) is 108 Å². The summed E-state index contributed by atoms with van der Waals surface area (Å²) in [5, 5.41) is 14.2. The quantitative estimate of drug-likeness (QED) is 0.0272. The maximum absolute atomic E-state index is 13.1. The first-order chi connectivity index (χ1) is 45.5. The van der Waals surface area contributed by atoms with Gasteiger partial charge in [-0.15, -0.1) is 0 Å². The van der Waals surface area contributed by atoms with E-state index in [0.717, 1.165) is 38.5 Å². The van der Waals surface area contributed by atoms with E-state index < -0.39 is 20.0 Å². The fraction of sp³-hybridized carbons (Fsp3) is 0.964. The van der Waals surface area contributed by atoms with Crippen molar-refractivity contribution in [2.24, 2.45) is 0 Å². The van der Waals surface area contributed by atoms with Crippen LogP contribution >= 0.6 is 7.82 Å². The molecule has 0 radical (unpaired) electrons. The highest BCUT2D eigenvalue weighted by atomic mass is 31.2. The molecular formula is C84H169N2O6P. The Kier molecular flexibility index (Phi) is 74.8. The van der Waals surface area contributed by atoms with Crippen molar-refractivity contribution >= 4 is 13.7 Å². The highest BCUT2D eigenvalue weighted by molar-refractivity contribution is 7.45. The summed E-state index contributed by atoms with van der Waals surface area (Å²) < 4.78 is 23.6. The molecule has 3 atom stereocenters. The third-order valence-electron chi connectivity index (χ3n) is 20.3. The summed E-state index contributed by atoms with van der Waals surface area (Å²) in [6.45, 7) is 4.81. The monoisotopic (exact) mass is 1330 g/mol.